The van der Waals surface area contributed by atoms with Gasteiger partial charge in [-0.2, -0.15) is 0 Å². The number of ether oxygens (including phenoxy) is 1. The monoisotopic (exact) mass is 357 g/mol. The van der Waals surface area contributed by atoms with Crippen molar-refractivity contribution >= 4 is 11.9 Å². The molecule has 4 N–H and O–H groups in total. The molecule has 1 aromatic rings. The fraction of sp³-hybridized carbons (Fsp3) is 0.591. The molecule has 3 rings (SSSR count). The first kappa shape index (κ1) is 20.3. The molecule has 4 nitrogen and oxygen atoms in total. The first-order valence-electron chi connectivity index (χ1n) is 10.0. The van der Waals surface area contributed by atoms with E-state index in [-0.39, 0.29) is 0 Å². The van der Waals surface area contributed by atoms with Gasteiger partial charge in [0.2, 0.25) is 0 Å². The van der Waals surface area contributed by atoms with Crippen LogP contribution in [0.1, 0.15) is 81.3 Å². The van der Waals surface area contributed by atoms with Crippen LogP contribution in [0.3, 0.4) is 0 Å². The molecule has 0 unspecified atom stereocenters. The van der Waals surface area contributed by atoms with Gasteiger partial charge in [0, 0.05) is 29.6 Å². The Balaban J connectivity index is 0.000000758. The molecule has 0 radical (unpaired) electrons. The largest absolute Gasteiger partial charge is 0.496 e. The first-order chi connectivity index (χ1) is 12.7. The molecular formula is C22H35N3O. The average molecular weight is 358 g/mol. The van der Waals surface area contributed by atoms with Crippen LogP contribution in [0.15, 0.2) is 29.9 Å². The van der Waals surface area contributed by atoms with Crippen molar-refractivity contribution < 1.29 is 4.74 Å². The van der Waals surface area contributed by atoms with Gasteiger partial charge in [-0.25, -0.2) is 0 Å². The molecule has 0 aliphatic heterocycles. The Morgan fingerprint density at radius 1 is 1.04 bits per heavy atom. The number of rotatable bonds is 4. The van der Waals surface area contributed by atoms with E-state index in [1.54, 1.807) is 7.11 Å². The van der Waals surface area contributed by atoms with E-state index in [0.29, 0.717) is 12.0 Å². The fourth-order valence-electron chi connectivity index (χ4n) is 4.07. The number of hydrogen-bond acceptors (Lipinski definition) is 4. The normalized spacial score (nSPS) is 19.0. The summed E-state index contributed by atoms with van der Waals surface area (Å²) in [6.45, 7) is 3.14. The zero-order chi connectivity index (χ0) is 18.8. The number of nitrogen functional groups attached to an aromatic ring is 1. The van der Waals surface area contributed by atoms with Crippen LogP contribution >= 0.6 is 0 Å². The molecule has 4 heteroatoms. The summed E-state index contributed by atoms with van der Waals surface area (Å²) < 4.78 is 5.60. The van der Waals surface area contributed by atoms with Crippen molar-refractivity contribution in [2.75, 3.05) is 12.8 Å². The van der Waals surface area contributed by atoms with E-state index in [2.05, 4.69) is 18.4 Å². The Hall–Kier alpha value is -1.97. The highest BCUT2D eigenvalue weighted by Crippen LogP contribution is 2.39. The lowest BCUT2D eigenvalue weighted by Crippen LogP contribution is -2.11. The number of nitrogens with zero attached hydrogens (tertiary/aromatic N) is 1. The van der Waals surface area contributed by atoms with Crippen LogP contribution in [0.5, 0.6) is 5.75 Å². The van der Waals surface area contributed by atoms with E-state index in [0.717, 1.165) is 17.0 Å². The summed E-state index contributed by atoms with van der Waals surface area (Å²) in [5.41, 5.74) is 14.0. The van der Waals surface area contributed by atoms with Crippen molar-refractivity contribution in [2.45, 2.75) is 76.2 Å². The first-order valence-corrected chi connectivity index (χ1v) is 10.0. The molecule has 0 bridgehead atoms. The molecule has 1 aromatic carbocycles. The molecule has 0 aromatic heterocycles. The van der Waals surface area contributed by atoms with Crippen LogP contribution in [-0.2, 0) is 0 Å². The van der Waals surface area contributed by atoms with E-state index in [4.69, 9.17) is 15.5 Å². The van der Waals surface area contributed by atoms with Gasteiger partial charge in [-0.15, -0.1) is 0 Å². The summed E-state index contributed by atoms with van der Waals surface area (Å²) in [4.78, 5) is 4.81. The van der Waals surface area contributed by atoms with Crippen LogP contribution in [0.25, 0.3) is 0 Å². The van der Waals surface area contributed by atoms with Crippen LogP contribution in [0.4, 0.5) is 5.69 Å². The van der Waals surface area contributed by atoms with Gasteiger partial charge >= 0.3 is 0 Å². The lowest BCUT2D eigenvalue weighted by molar-refractivity contribution is 0.387. The van der Waals surface area contributed by atoms with E-state index in [9.17, 15) is 0 Å². The second-order valence-electron chi connectivity index (χ2n) is 7.36. The van der Waals surface area contributed by atoms with Crippen LogP contribution in [-0.4, -0.2) is 19.4 Å². The summed E-state index contributed by atoms with van der Waals surface area (Å²) >= 11 is 0. The highest BCUT2D eigenvalue weighted by atomic mass is 16.5. The second-order valence-corrected chi connectivity index (χ2v) is 7.36. The fourth-order valence-corrected chi connectivity index (χ4v) is 4.07. The van der Waals surface area contributed by atoms with Gasteiger partial charge in [0.1, 0.15) is 5.75 Å². The summed E-state index contributed by atoms with van der Waals surface area (Å²) in [5, 5.41) is 0. The minimum atomic E-state index is 0.489. The van der Waals surface area contributed by atoms with Gasteiger partial charge in [-0.3, -0.25) is 4.99 Å². The van der Waals surface area contributed by atoms with E-state index in [1.807, 2.05) is 12.3 Å². The van der Waals surface area contributed by atoms with Gasteiger partial charge < -0.3 is 16.2 Å². The van der Waals surface area contributed by atoms with Crippen molar-refractivity contribution in [3.8, 4) is 5.75 Å². The summed E-state index contributed by atoms with van der Waals surface area (Å²) in [5.74, 6) is 1.56. The molecule has 26 heavy (non-hydrogen) atoms. The molecule has 0 amide bonds. The third-order valence-corrected chi connectivity index (χ3v) is 5.48. The van der Waals surface area contributed by atoms with Crippen LogP contribution < -0.4 is 16.2 Å². The number of hydrogen-bond donors (Lipinski definition) is 2. The topological polar surface area (TPSA) is 73.6 Å². The number of anilines is 1. The van der Waals surface area contributed by atoms with Crippen molar-refractivity contribution in [3.05, 3.63) is 36.0 Å². The maximum Gasteiger partial charge on any atom is 0.124 e. The minimum Gasteiger partial charge on any atom is -0.496 e. The van der Waals surface area contributed by atoms with Crippen molar-refractivity contribution in [3.63, 3.8) is 0 Å². The molecule has 2 fully saturated rings. The highest BCUT2D eigenvalue weighted by Gasteiger charge is 2.20. The van der Waals surface area contributed by atoms with Crippen LogP contribution in [0, 0.1) is 0 Å². The Bertz CT molecular complexity index is 585. The predicted molar refractivity (Wildman–Crippen MR) is 112 cm³/mol. The highest BCUT2D eigenvalue weighted by molar-refractivity contribution is 5.88. The van der Waals surface area contributed by atoms with Crippen LogP contribution in [0.2, 0.25) is 0 Å². The SMILES string of the molecule is C=CN.COc1cc(N)c(C=NC2CCCCC2)cc1C1CCCCC1. The Labute approximate surface area is 158 Å². The third kappa shape index (κ3) is 5.79. The van der Waals surface area contributed by atoms with Gasteiger partial charge in [-0.1, -0.05) is 45.1 Å². The number of nitrogens with two attached hydrogens (primary N) is 2. The Kier molecular flexibility index (Phi) is 8.52. The van der Waals surface area contributed by atoms with E-state index in [1.165, 1.54) is 76.0 Å². The van der Waals surface area contributed by atoms with Gasteiger partial charge in [-0.05, 0) is 49.4 Å². The molecule has 0 saturated heterocycles. The van der Waals surface area contributed by atoms with E-state index >= 15 is 0 Å². The zero-order valence-electron chi connectivity index (χ0n) is 16.3. The molecule has 2 aliphatic rings. The zero-order valence-corrected chi connectivity index (χ0v) is 16.3. The summed E-state index contributed by atoms with van der Waals surface area (Å²) in [6, 6.07) is 4.71. The maximum atomic E-state index is 6.24. The molecule has 0 atom stereocenters. The Morgan fingerprint density at radius 3 is 2.19 bits per heavy atom. The van der Waals surface area contributed by atoms with Gasteiger partial charge in [0.05, 0.1) is 7.11 Å². The van der Waals surface area contributed by atoms with Gasteiger partial charge in [0.15, 0.2) is 0 Å². The van der Waals surface area contributed by atoms with Gasteiger partial charge in [0.25, 0.3) is 0 Å². The quantitative estimate of drug-likeness (QED) is 0.577. The molecule has 0 spiro atoms. The maximum absolute atomic E-state index is 6.24. The van der Waals surface area contributed by atoms with E-state index < -0.39 is 0 Å². The smallest absolute Gasteiger partial charge is 0.124 e. The third-order valence-electron chi connectivity index (χ3n) is 5.48. The molecular weight excluding hydrogens is 322 g/mol. The van der Waals surface area contributed by atoms with Crippen molar-refractivity contribution in [1.29, 1.82) is 0 Å². The number of methoxy groups -OCH3 is 1. The second kappa shape index (κ2) is 10.9. The predicted octanol–water partition coefficient (Wildman–Crippen LogP) is 5.17. The Morgan fingerprint density at radius 2 is 1.62 bits per heavy atom. The van der Waals surface area contributed by atoms with Crippen molar-refractivity contribution in [1.82, 2.24) is 0 Å². The minimum absolute atomic E-state index is 0.489. The number of aliphatic imine (C=N–C) groups is 1. The molecule has 2 saturated carbocycles. The lowest BCUT2D eigenvalue weighted by atomic mass is 9.83. The standard InChI is InChI=1S/C20H30N2O.C2H5N/c1-23-20-13-19(21)16(14-22-17-10-6-3-7-11-17)12-18(20)15-8-4-2-5-9-15;1-2-3/h12-15,17H,2-11,21H2,1H3;2H,1,3H2. The molecule has 144 valence electrons. The summed E-state index contributed by atoms with van der Waals surface area (Å²) in [6.07, 6.45) is 16.2. The van der Waals surface area contributed by atoms with Crippen molar-refractivity contribution in [2.24, 2.45) is 10.7 Å². The molecule has 0 heterocycles. The average Bonchev–Trinajstić information content (AvgIpc) is 2.69. The number of benzene rings is 1. The lowest BCUT2D eigenvalue weighted by Gasteiger charge is -2.24. The molecule has 2 aliphatic carbocycles. The summed E-state index contributed by atoms with van der Waals surface area (Å²) in [7, 11) is 1.75.